The van der Waals surface area contributed by atoms with Gasteiger partial charge in [-0.25, -0.2) is 9.78 Å². The van der Waals surface area contributed by atoms with Crippen LogP contribution in [-0.4, -0.2) is 41.6 Å². The van der Waals surface area contributed by atoms with Gasteiger partial charge in [0.2, 0.25) is 0 Å². The van der Waals surface area contributed by atoms with Crippen molar-refractivity contribution in [1.82, 2.24) is 10.3 Å². The second-order valence-corrected chi connectivity index (χ2v) is 4.74. The molecule has 0 aromatic carbocycles. The van der Waals surface area contributed by atoms with E-state index in [4.69, 9.17) is 5.11 Å². The van der Waals surface area contributed by atoms with Crippen LogP contribution in [0.3, 0.4) is 0 Å². The molecular formula is C13H19N3O3. The molecule has 0 bridgehead atoms. The minimum atomic E-state index is -1.27. The monoisotopic (exact) mass is 265 g/mol. The molecule has 1 amide bonds. The third-order valence-corrected chi connectivity index (χ3v) is 3.03. The number of aromatic nitrogens is 1. The number of carboxylic acids is 1. The summed E-state index contributed by atoms with van der Waals surface area (Å²) in [5.74, 6) is -0.830. The van der Waals surface area contributed by atoms with Crippen molar-refractivity contribution in [1.29, 1.82) is 0 Å². The lowest BCUT2D eigenvalue weighted by molar-refractivity contribution is -0.143. The van der Waals surface area contributed by atoms with E-state index in [1.807, 2.05) is 14.1 Å². The predicted molar refractivity (Wildman–Crippen MR) is 72.4 cm³/mol. The summed E-state index contributed by atoms with van der Waals surface area (Å²) in [5.41, 5.74) is -0.877. The van der Waals surface area contributed by atoms with Crippen LogP contribution < -0.4 is 10.2 Å². The van der Waals surface area contributed by atoms with E-state index in [-0.39, 0.29) is 0 Å². The fourth-order valence-corrected chi connectivity index (χ4v) is 1.42. The number of nitrogens with zero attached hydrogens (tertiary/aromatic N) is 2. The molecule has 6 nitrogen and oxygen atoms in total. The van der Waals surface area contributed by atoms with Crippen LogP contribution in [0.4, 0.5) is 5.82 Å². The highest BCUT2D eigenvalue weighted by molar-refractivity contribution is 5.98. The van der Waals surface area contributed by atoms with Gasteiger partial charge in [-0.15, -0.1) is 0 Å². The maximum atomic E-state index is 12.1. The molecule has 1 unspecified atom stereocenters. The van der Waals surface area contributed by atoms with E-state index in [1.165, 1.54) is 13.1 Å². The molecule has 0 saturated carbocycles. The van der Waals surface area contributed by atoms with Gasteiger partial charge in [-0.2, -0.15) is 0 Å². The van der Waals surface area contributed by atoms with Gasteiger partial charge in [-0.3, -0.25) is 4.79 Å². The average Bonchev–Trinajstić information content (AvgIpc) is 2.38. The molecule has 2 N–H and O–H groups in total. The zero-order valence-corrected chi connectivity index (χ0v) is 11.6. The summed E-state index contributed by atoms with van der Waals surface area (Å²) in [4.78, 5) is 29.1. The third-order valence-electron chi connectivity index (χ3n) is 3.03. The van der Waals surface area contributed by atoms with Gasteiger partial charge < -0.3 is 15.3 Å². The molecule has 1 heterocycles. The van der Waals surface area contributed by atoms with Crippen molar-refractivity contribution in [2.24, 2.45) is 0 Å². The second-order valence-electron chi connectivity index (χ2n) is 4.74. The van der Waals surface area contributed by atoms with E-state index in [1.54, 1.807) is 24.0 Å². The van der Waals surface area contributed by atoms with Gasteiger partial charge in [0.1, 0.15) is 11.4 Å². The lowest BCUT2D eigenvalue weighted by Crippen LogP contribution is -2.51. The van der Waals surface area contributed by atoms with Gasteiger partial charge in [0.05, 0.1) is 0 Å². The van der Waals surface area contributed by atoms with Crippen molar-refractivity contribution in [2.75, 3.05) is 19.0 Å². The summed E-state index contributed by atoms with van der Waals surface area (Å²) in [7, 11) is 3.63. The standard InChI is InChI=1S/C13H19N3O3/c1-5-13(2,12(18)19)15-11(17)9-6-7-14-10(8-9)16(3)4/h6-8H,5H2,1-4H3,(H,15,17)(H,18,19). The minimum absolute atomic E-state index is 0.305. The Balaban J connectivity index is 2.95. The molecule has 104 valence electrons. The number of nitrogens with one attached hydrogen (secondary N) is 1. The molecule has 0 aliphatic rings. The Hall–Kier alpha value is -2.11. The molecule has 1 aromatic heterocycles. The third kappa shape index (κ3) is 3.43. The Morgan fingerprint density at radius 1 is 1.47 bits per heavy atom. The highest BCUT2D eigenvalue weighted by Gasteiger charge is 2.33. The highest BCUT2D eigenvalue weighted by Crippen LogP contribution is 2.13. The number of carbonyl (C=O) groups is 2. The van der Waals surface area contributed by atoms with Gasteiger partial charge in [-0.05, 0) is 25.5 Å². The van der Waals surface area contributed by atoms with E-state index >= 15 is 0 Å². The molecule has 1 atom stereocenters. The Labute approximate surface area is 112 Å². The zero-order valence-electron chi connectivity index (χ0n) is 11.6. The first-order valence-electron chi connectivity index (χ1n) is 5.99. The Morgan fingerprint density at radius 3 is 2.58 bits per heavy atom. The summed E-state index contributed by atoms with van der Waals surface area (Å²) in [6, 6.07) is 3.17. The fourth-order valence-electron chi connectivity index (χ4n) is 1.42. The summed E-state index contributed by atoms with van der Waals surface area (Å²) >= 11 is 0. The molecule has 0 radical (unpaired) electrons. The normalized spacial score (nSPS) is 13.5. The lowest BCUT2D eigenvalue weighted by Gasteiger charge is -2.24. The van der Waals surface area contributed by atoms with Crippen molar-refractivity contribution in [3.63, 3.8) is 0 Å². The van der Waals surface area contributed by atoms with E-state index in [2.05, 4.69) is 10.3 Å². The largest absolute Gasteiger partial charge is 0.480 e. The van der Waals surface area contributed by atoms with Crippen molar-refractivity contribution in [3.8, 4) is 0 Å². The van der Waals surface area contributed by atoms with Crippen LogP contribution in [0.1, 0.15) is 30.6 Å². The fraction of sp³-hybridized carbons (Fsp3) is 0.462. The van der Waals surface area contributed by atoms with E-state index in [0.29, 0.717) is 17.8 Å². The SMILES string of the molecule is CCC(C)(NC(=O)c1ccnc(N(C)C)c1)C(=O)O. The number of amides is 1. The quantitative estimate of drug-likeness (QED) is 0.834. The number of anilines is 1. The van der Waals surface area contributed by atoms with Crippen LogP contribution in [0.25, 0.3) is 0 Å². The maximum absolute atomic E-state index is 12.1. The molecule has 19 heavy (non-hydrogen) atoms. The van der Waals surface area contributed by atoms with E-state index in [9.17, 15) is 9.59 Å². The van der Waals surface area contributed by atoms with Crippen molar-refractivity contribution < 1.29 is 14.7 Å². The summed E-state index contributed by atoms with van der Waals surface area (Å²) in [6.07, 6.45) is 1.83. The number of aliphatic carboxylic acids is 1. The second kappa shape index (κ2) is 5.69. The topological polar surface area (TPSA) is 82.5 Å². The first-order chi connectivity index (χ1) is 8.80. The first kappa shape index (κ1) is 14.9. The van der Waals surface area contributed by atoms with Gasteiger partial charge in [0.15, 0.2) is 0 Å². The van der Waals surface area contributed by atoms with E-state index < -0.39 is 17.4 Å². The van der Waals surface area contributed by atoms with Crippen LogP contribution >= 0.6 is 0 Å². The molecule has 1 rings (SSSR count). The van der Waals surface area contributed by atoms with Gasteiger partial charge in [0, 0.05) is 25.9 Å². The maximum Gasteiger partial charge on any atom is 0.329 e. The molecule has 0 aliphatic carbocycles. The summed E-state index contributed by atoms with van der Waals surface area (Å²) in [6.45, 7) is 3.20. The van der Waals surface area contributed by atoms with Crippen molar-refractivity contribution >= 4 is 17.7 Å². The van der Waals surface area contributed by atoms with Crippen LogP contribution in [0.15, 0.2) is 18.3 Å². The minimum Gasteiger partial charge on any atom is -0.480 e. The molecular weight excluding hydrogens is 246 g/mol. The molecule has 0 aliphatic heterocycles. The number of hydrogen-bond acceptors (Lipinski definition) is 4. The molecule has 0 spiro atoms. The summed E-state index contributed by atoms with van der Waals surface area (Å²) < 4.78 is 0. The lowest BCUT2D eigenvalue weighted by atomic mass is 9.98. The number of rotatable bonds is 5. The van der Waals surface area contributed by atoms with Gasteiger partial charge in [0.25, 0.3) is 5.91 Å². The molecule has 0 saturated heterocycles. The number of pyridine rings is 1. The first-order valence-corrected chi connectivity index (χ1v) is 5.99. The smallest absolute Gasteiger partial charge is 0.329 e. The molecule has 6 heteroatoms. The summed E-state index contributed by atoms with van der Waals surface area (Å²) in [5, 5.41) is 11.7. The van der Waals surface area contributed by atoms with Crippen molar-refractivity contribution in [3.05, 3.63) is 23.9 Å². The van der Waals surface area contributed by atoms with Crippen LogP contribution in [-0.2, 0) is 4.79 Å². The van der Waals surface area contributed by atoms with Crippen LogP contribution in [0.5, 0.6) is 0 Å². The highest BCUT2D eigenvalue weighted by atomic mass is 16.4. The Bertz CT molecular complexity index is 488. The van der Waals surface area contributed by atoms with Crippen LogP contribution in [0, 0.1) is 0 Å². The predicted octanol–water partition coefficient (Wildman–Crippen LogP) is 1.13. The van der Waals surface area contributed by atoms with Gasteiger partial charge >= 0.3 is 5.97 Å². The number of hydrogen-bond donors (Lipinski definition) is 2. The number of carboxylic acid groups (broad SMARTS) is 1. The molecule has 1 aromatic rings. The Morgan fingerprint density at radius 2 is 2.11 bits per heavy atom. The van der Waals surface area contributed by atoms with Gasteiger partial charge in [-0.1, -0.05) is 6.92 Å². The van der Waals surface area contributed by atoms with Crippen LogP contribution in [0.2, 0.25) is 0 Å². The molecule has 0 fully saturated rings. The Kier molecular flexibility index (Phi) is 4.47. The van der Waals surface area contributed by atoms with Crippen molar-refractivity contribution in [2.45, 2.75) is 25.8 Å². The zero-order chi connectivity index (χ0) is 14.6. The van der Waals surface area contributed by atoms with E-state index in [0.717, 1.165) is 0 Å². The average molecular weight is 265 g/mol. The number of carbonyl (C=O) groups excluding carboxylic acids is 1.